The Balaban J connectivity index is 0.000000168. The molecular formula is C77H84Cl6F9N19O9. The van der Waals surface area contributed by atoms with Crippen LogP contribution in [0.15, 0.2) is 97.9 Å². The molecule has 646 valence electrons. The summed E-state index contributed by atoms with van der Waals surface area (Å²) >= 11 is 37.5. The average molecular weight is 1800 g/mol. The normalized spacial score (nSPS) is 18.8. The number of piperazine rings is 1. The Hall–Kier alpha value is -9.34. The summed E-state index contributed by atoms with van der Waals surface area (Å²) in [5.41, 5.74) is 10.0. The number of hydrogen-bond donors (Lipinski definition) is 6. The third-order valence-electron chi connectivity index (χ3n) is 20.8. The Morgan fingerprint density at radius 2 is 0.792 bits per heavy atom. The smallest absolute Gasteiger partial charge is 0.475 e. The van der Waals surface area contributed by atoms with Gasteiger partial charge >= 0.3 is 36.4 Å². The van der Waals surface area contributed by atoms with E-state index in [-0.39, 0.29) is 59.9 Å². The van der Waals surface area contributed by atoms with Crippen molar-refractivity contribution in [3.63, 3.8) is 0 Å². The molecule has 6 N–H and O–H groups in total. The Kier molecular flexibility index (Phi) is 32.1. The van der Waals surface area contributed by atoms with Crippen molar-refractivity contribution in [1.29, 1.82) is 0 Å². The number of nitrogens with zero attached hydrogens (tertiary/aromatic N) is 16. The van der Waals surface area contributed by atoms with Crippen LogP contribution in [-0.2, 0) is 28.8 Å². The maximum Gasteiger partial charge on any atom is 0.490 e. The first-order valence-electron chi connectivity index (χ1n) is 38.2. The van der Waals surface area contributed by atoms with Crippen LogP contribution in [-0.4, -0.2) is 234 Å². The lowest BCUT2D eigenvalue weighted by Crippen LogP contribution is -2.55. The second-order valence-corrected chi connectivity index (χ2v) is 31.3. The molecule has 6 unspecified atom stereocenters. The van der Waals surface area contributed by atoms with Crippen molar-refractivity contribution in [3.8, 4) is 0 Å². The first-order valence-corrected chi connectivity index (χ1v) is 40.5. The van der Waals surface area contributed by atoms with E-state index in [1.54, 1.807) is 49.2 Å². The minimum absolute atomic E-state index is 0.0121. The van der Waals surface area contributed by atoms with Crippen LogP contribution in [0.2, 0.25) is 30.1 Å². The van der Waals surface area contributed by atoms with Gasteiger partial charge in [-0.25, -0.2) is 58.3 Å². The van der Waals surface area contributed by atoms with Crippen molar-refractivity contribution in [2.45, 2.75) is 159 Å². The molecule has 120 heavy (non-hydrogen) atoms. The minimum atomic E-state index is -5.08. The summed E-state index contributed by atoms with van der Waals surface area (Å²) in [5, 5.41) is 48.7. The summed E-state index contributed by atoms with van der Waals surface area (Å²) < 4.78 is 101. The van der Waals surface area contributed by atoms with Crippen LogP contribution in [0.25, 0.3) is 39.1 Å². The topological polar surface area (TPSA) is 343 Å². The summed E-state index contributed by atoms with van der Waals surface area (Å²) in [7, 11) is 0. The number of amides is 3. The number of carbonyl (C=O) groups excluding carboxylic acids is 3. The van der Waals surface area contributed by atoms with Crippen molar-refractivity contribution in [1.82, 2.24) is 89.9 Å². The number of aromatic nitrogens is 12. The molecule has 28 nitrogen and oxygen atoms in total. The molecule has 43 heteroatoms. The maximum atomic E-state index is 12.8. The van der Waals surface area contributed by atoms with Crippen LogP contribution in [0.4, 0.5) is 45.3 Å². The second-order valence-electron chi connectivity index (χ2n) is 28.8. The molecule has 5 saturated heterocycles. The van der Waals surface area contributed by atoms with Crippen molar-refractivity contribution < 1.29 is 83.6 Å². The maximum absolute atomic E-state index is 12.8. The van der Waals surface area contributed by atoms with Gasteiger partial charge in [0.25, 0.3) is 0 Å². The van der Waals surface area contributed by atoms with E-state index in [9.17, 15) is 53.9 Å². The highest BCUT2D eigenvalue weighted by Gasteiger charge is 2.41. The van der Waals surface area contributed by atoms with Gasteiger partial charge in [0.15, 0.2) is 16.9 Å². The molecule has 0 saturated carbocycles. The summed E-state index contributed by atoms with van der Waals surface area (Å²) in [4.78, 5) is 102. The van der Waals surface area contributed by atoms with E-state index in [2.05, 4.69) is 57.2 Å². The summed E-state index contributed by atoms with van der Waals surface area (Å²) in [6, 6.07) is 16.0. The number of piperidine rings is 4. The molecule has 5 fully saturated rings. The van der Waals surface area contributed by atoms with E-state index in [0.717, 1.165) is 185 Å². The summed E-state index contributed by atoms with van der Waals surface area (Å²) in [6.07, 6.45) is 9.63. The molecule has 0 radical (unpaired) electrons. The van der Waals surface area contributed by atoms with Crippen molar-refractivity contribution >= 4 is 150 Å². The van der Waals surface area contributed by atoms with Crippen LogP contribution in [0, 0.1) is 0 Å². The van der Waals surface area contributed by atoms with E-state index < -0.39 is 36.4 Å². The molecule has 6 atom stereocenters. The molecule has 3 aromatic carbocycles. The number of carbonyl (C=O) groups is 6. The van der Waals surface area contributed by atoms with Gasteiger partial charge in [0, 0.05) is 94.6 Å². The number of carboxylic acid groups (broad SMARTS) is 3. The summed E-state index contributed by atoms with van der Waals surface area (Å²) in [6.45, 7) is 14.5. The number of alkyl halides is 9. The molecule has 6 aliphatic heterocycles. The lowest BCUT2D eigenvalue weighted by atomic mass is 9.93. The van der Waals surface area contributed by atoms with E-state index in [1.807, 2.05) is 92.1 Å². The number of halogens is 15. The predicted molar refractivity (Wildman–Crippen MR) is 431 cm³/mol. The highest BCUT2D eigenvalue weighted by molar-refractivity contribution is 6.36. The van der Waals surface area contributed by atoms with Crippen molar-refractivity contribution in [3.05, 3.63) is 156 Å². The first kappa shape index (κ1) is 92.9. The largest absolute Gasteiger partial charge is 0.490 e. The lowest BCUT2D eigenvalue weighted by molar-refractivity contribution is -0.193. The van der Waals surface area contributed by atoms with Gasteiger partial charge in [0.1, 0.15) is 22.4 Å². The van der Waals surface area contributed by atoms with E-state index in [1.165, 1.54) is 0 Å². The average Bonchev–Trinajstić information content (AvgIpc) is 1.64. The van der Waals surface area contributed by atoms with Gasteiger partial charge in [-0.1, -0.05) is 113 Å². The lowest BCUT2D eigenvalue weighted by Gasteiger charge is -2.37. The number of fused-ring (bicyclic) bond motifs is 3. The van der Waals surface area contributed by atoms with E-state index in [4.69, 9.17) is 114 Å². The van der Waals surface area contributed by atoms with Gasteiger partial charge in [-0.05, 0) is 157 Å². The molecule has 0 bridgehead atoms. The second kappa shape index (κ2) is 41.5. The SMILES string of the molecule is CC(c1ccc(Cl)cc1Cl)n1ncc2ncc(C3=CCN(C(=O)C4CCCCN4)CC3)nc21.CC(c1ccc(Cl)cc1Cl)n1ncc2ncc(C3CCN(C(=O)C4CCCCN4)CC3)nc21.CC(c1ccc(Cl)cc1Cl)n1ncc2ncc(N3CCN(C(=O)C4CCCCN4)CC3)nc21.O=C(O)C(F)(F)F.O=C(O)C(F)(F)F.O=C(O)C(F)(F)F. The molecule has 0 aliphatic carbocycles. The third-order valence-corrected chi connectivity index (χ3v) is 22.5. The Labute approximate surface area is 711 Å². The van der Waals surface area contributed by atoms with Crippen molar-refractivity contribution in [2.24, 2.45) is 0 Å². The van der Waals surface area contributed by atoms with Gasteiger partial charge in [0.2, 0.25) is 17.7 Å². The number of anilines is 1. The quantitative estimate of drug-likeness (QED) is 0.0619. The number of benzene rings is 3. The zero-order valence-corrected chi connectivity index (χ0v) is 69.2. The predicted octanol–water partition coefficient (Wildman–Crippen LogP) is 14.5. The number of carboxylic acids is 3. The zero-order chi connectivity index (χ0) is 87.1. The molecular weight excluding hydrogens is 1720 g/mol. The number of aliphatic carboxylic acids is 3. The summed E-state index contributed by atoms with van der Waals surface area (Å²) in [5.74, 6) is -6.51. The van der Waals surface area contributed by atoms with Gasteiger partial charge < -0.3 is 50.9 Å². The number of rotatable bonds is 12. The number of hydrogen-bond acceptors (Lipinski definition) is 19. The fourth-order valence-electron chi connectivity index (χ4n) is 14.2. The van der Waals surface area contributed by atoms with Crippen LogP contribution in [0.3, 0.4) is 0 Å². The van der Waals surface area contributed by atoms with Gasteiger partial charge in [-0.15, -0.1) is 0 Å². The monoisotopic (exact) mass is 1800 g/mol. The molecule has 15 rings (SSSR count). The van der Waals surface area contributed by atoms with Crippen LogP contribution in [0.1, 0.15) is 150 Å². The first-order chi connectivity index (χ1) is 56.9. The third kappa shape index (κ3) is 24.3. The minimum Gasteiger partial charge on any atom is -0.475 e. The number of likely N-dealkylation sites (tertiary alicyclic amines) is 1. The Morgan fingerprint density at radius 3 is 1.15 bits per heavy atom. The fourth-order valence-corrected chi connectivity index (χ4v) is 15.9. The number of nitrogens with one attached hydrogen (secondary N) is 3. The zero-order valence-electron chi connectivity index (χ0n) is 64.7. The van der Waals surface area contributed by atoms with Gasteiger partial charge in [0.05, 0.1) is 78.6 Å². The fraction of sp³-hybridized carbons (Fsp3) is 0.468. The van der Waals surface area contributed by atoms with E-state index >= 15 is 0 Å². The Morgan fingerprint density at radius 1 is 0.433 bits per heavy atom. The van der Waals surface area contributed by atoms with Crippen molar-refractivity contribution in [2.75, 3.05) is 76.9 Å². The standard InChI is InChI=1S/C24H28Cl2N6O.C24H26Cl2N6O.C23H27Cl2N7O.3C2HF3O2/c2*1-15(18-6-5-17(25)12-19(18)26)32-23-22(14-29-32)28-13-21(30-23)16-7-10-31(11-8-16)24(33)20-4-2-3-9-27-20;1-15(17-6-5-16(24)12-18(17)25)32-22-20(13-28-32)27-14-21(29-22)30-8-10-31(11-9-30)23(33)19-4-2-3-7-26-19;3*3-2(4,5)1(6)7/h5-6,12-16,20,27H,2-4,7-11H2,1H3;5-7,12-15,20,27H,2-4,8-11H2,1H3;5-6,12-15,19,26H,2-4,7-11H2,1H3;3*(H,6,7). The van der Waals surface area contributed by atoms with Gasteiger partial charge in [-0.2, -0.15) is 54.8 Å². The molecule has 6 aromatic heterocycles. The van der Waals surface area contributed by atoms with Crippen LogP contribution in [0.5, 0.6) is 0 Å². The highest BCUT2D eigenvalue weighted by atomic mass is 35.5. The Bertz CT molecular complexity index is 4890. The molecule has 12 heterocycles. The van der Waals surface area contributed by atoms with Gasteiger partial charge in [-0.3, -0.25) is 14.4 Å². The highest BCUT2D eigenvalue weighted by Crippen LogP contribution is 2.36. The van der Waals surface area contributed by atoms with E-state index in [0.29, 0.717) is 67.6 Å². The molecule has 9 aromatic rings. The van der Waals surface area contributed by atoms with Crippen LogP contribution >= 0.6 is 69.6 Å². The van der Waals surface area contributed by atoms with Crippen LogP contribution < -0.4 is 20.9 Å². The molecule has 6 aliphatic rings. The molecule has 0 spiro atoms. The molecule has 3 amide bonds.